The number of ether oxygens (including phenoxy) is 1. The zero-order valence-corrected chi connectivity index (χ0v) is 25.2. The van der Waals surface area contributed by atoms with Crippen molar-refractivity contribution in [1.29, 1.82) is 0 Å². The van der Waals surface area contributed by atoms with Crippen LogP contribution in [0.4, 0.5) is 23.5 Å². The van der Waals surface area contributed by atoms with Gasteiger partial charge < -0.3 is 15.4 Å². The highest BCUT2D eigenvalue weighted by molar-refractivity contribution is 7.90. The fourth-order valence-electron chi connectivity index (χ4n) is 5.13. The summed E-state index contributed by atoms with van der Waals surface area (Å²) in [5.41, 5.74) is -0.0138. The Bertz CT molecular complexity index is 1780. The number of hydrogen-bond donors (Lipinski definition) is 2. The van der Waals surface area contributed by atoms with E-state index in [-0.39, 0.29) is 41.8 Å². The van der Waals surface area contributed by atoms with Crippen LogP contribution in [-0.2, 0) is 15.6 Å². The lowest BCUT2D eigenvalue weighted by Crippen LogP contribution is -2.50. The van der Waals surface area contributed by atoms with Gasteiger partial charge in [-0.1, -0.05) is 12.1 Å². The third-order valence-electron chi connectivity index (χ3n) is 7.31. The number of piperidine rings is 1. The molecule has 5 rings (SSSR count). The highest BCUT2D eigenvalue weighted by Gasteiger charge is 2.32. The number of fused-ring (bicyclic) bond motifs is 1. The van der Waals surface area contributed by atoms with Crippen molar-refractivity contribution in [3.05, 3.63) is 66.0 Å². The number of rotatable bonds is 10. The van der Waals surface area contributed by atoms with Gasteiger partial charge in [-0.2, -0.15) is 0 Å². The van der Waals surface area contributed by atoms with Crippen molar-refractivity contribution in [2.24, 2.45) is 0 Å². The zero-order valence-electron chi connectivity index (χ0n) is 24.4. The fourth-order valence-corrected chi connectivity index (χ4v) is 6.68. The highest BCUT2D eigenvalue weighted by Crippen LogP contribution is 2.38. The maximum absolute atomic E-state index is 15.0. The molecular formula is C30H32F4N6O3S. The van der Waals surface area contributed by atoms with Crippen molar-refractivity contribution in [3.63, 3.8) is 0 Å². The highest BCUT2D eigenvalue weighted by atomic mass is 32.2. The Labute approximate surface area is 252 Å². The van der Waals surface area contributed by atoms with E-state index in [1.807, 2.05) is 0 Å². The molecule has 0 unspecified atom stereocenters. The van der Waals surface area contributed by atoms with Gasteiger partial charge in [-0.05, 0) is 49.9 Å². The summed E-state index contributed by atoms with van der Waals surface area (Å²) in [4.78, 5) is 17.2. The van der Waals surface area contributed by atoms with E-state index in [1.54, 1.807) is 31.3 Å². The summed E-state index contributed by atoms with van der Waals surface area (Å²) in [5.74, 6) is -4.77. The van der Waals surface area contributed by atoms with Crippen LogP contribution in [0.5, 0.6) is 11.6 Å². The van der Waals surface area contributed by atoms with Crippen molar-refractivity contribution in [3.8, 4) is 22.9 Å². The van der Waals surface area contributed by atoms with Gasteiger partial charge in [0, 0.05) is 55.3 Å². The Balaban J connectivity index is 1.46. The van der Waals surface area contributed by atoms with E-state index in [0.717, 1.165) is 6.07 Å². The number of benzene rings is 2. The van der Waals surface area contributed by atoms with Crippen LogP contribution < -0.4 is 15.4 Å². The monoisotopic (exact) mass is 632 g/mol. The minimum atomic E-state index is -4.05. The molecule has 2 atom stereocenters. The summed E-state index contributed by atoms with van der Waals surface area (Å²) in [6.07, 6.45) is 3.76. The molecule has 0 saturated carbocycles. The Hall–Kier alpha value is -3.91. The lowest BCUT2D eigenvalue weighted by molar-refractivity contribution is 0.0189. The quantitative estimate of drug-likeness (QED) is 0.210. The summed E-state index contributed by atoms with van der Waals surface area (Å²) in [6, 6.07) is 7.23. The fraction of sp³-hybridized carbons (Fsp3) is 0.400. The van der Waals surface area contributed by atoms with Crippen molar-refractivity contribution in [2.45, 2.75) is 57.0 Å². The first-order chi connectivity index (χ1) is 20.7. The molecule has 1 aliphatic rings. The molecule has 2 aromatic carbocycles. The molecule has 234 valence electrons. The number of hydrogen-bond acceptors (Lipinski definition) is 9. The first kappa shape index (κ1) is 31.5. The maximum Gasteiger partial charge on any atom is 0.246 e. The third kappa shape index (κ3) is 7.59. The molecule has 9 nitrogen and oxygen atoms in total. The van der Waals surface area contributed by atoms with Gasteiger partial charge in [0.1, 0.15) is 23.6 Å². The molecule has 1 fully saturated rings. The number of nitrogens with zero attached hydrogens (tertiary/aromatic N) is 4. The van der Waals surface area contributed by atoms with E-state index in [9.17, 15) is 26.0 Å². The largest absolute Gasteiger partial charge is 0.437 e. The van der Waals surface area contributed by atoms with E-state index < -0.39 is 45.2 Å². The number of aromatic nitrogens is 4. The van der Waals surface area contributed by atoms with Gasteiger partial charge in [-0.25, -0.2) is 45.9 Å². The second-order valence-electron chi connectivity index (χ2n) is 11.4. The van der Waals surface area contributed by atoms with Crippen LogP contribution in [0.1, 0.15) is 37.8 Å². The normalized spacial score (nSPS) is 19.2. The molecule has 1 aliphatic heterocycles. The number of nitrogens with one attached hydrogen (secondary N) is 2. The van der Waals surface area contributed by atoms with E-state index in [1.165, 1.54) is 25.5 Å². The Morgan fingerprint density at radius 3 is 2.68 bits per heavy atom. The van der Waals surface area contributed by atoms with Crippen molar-refractivity contribution in [1.82, 2.24) is 25.3 Å². The second-order valence-corrected chi connectivity index (χ2v) is 13.6. The Morgan fingerprint density at radius 1 is 1.16 bits per heavy atom. The third-order valence-corrected chi connectivity index (χ3v) is 8.87. The van der Waals surface area contributed by atoms with E-state index in [0.29, 0.717) is 41.4 Å². The summed E-state index contributed by atoms with van der Waals surface area (Å²) >= 11 is 0. The molecule has 0 amide bonds. The van der Waals surface area contributed by atoms with Gasteiger partial charge in [0.2, 0.25) is 17.8 Å². The smallest absolute Gasteiger partial charge is 0.246 e. The van der Waals surface area contributed by atoms with Crippen LogP contribution >= 0.6 is 0 Å². The van der Waals surface area contributed by atoms with Gasteiger partial charge in [0.15, 0.2) is 9.84 Å². The minimum Gasteiger partial charge on any atom is -0.437 e. The summed E-state index contributed by atoms with van der Waals surface area (Å²) < 4.78 is 87.9. The van der Waals surface area contributed by atoms with Crippen LogP contribution in [0.3, 0.4) is 0 Å². The minimum absolute atomic E-state index is 0.125. The van der Waals surface area contributed by atoms with E-state index in [2.05, 4.69) is 30.6 Å². The van der Waals surface area contributed by atoms with Crippen LogP contribution in [0, 0.1) is 12.7 Å². The van der Waals surface area contributed by atoms with Gasteiger partial charge >= 0.3 is 0 Å². The summed E-state index contributed by atoms with van der Waals surface area (Å²) in [5, 5.41) is 6.90. The predicted octanol–water partition coefficient (Wildman–Crippen LogP) is 5.79. The molecular weight excluding hydrogens is 600 g/mol. The molecule has 14 heteroatoms. The molecule has 1 saturated heterocycles. The number of sulfone groups is 1. The molecule has 0 radical (unpaired) electrons. The van der Waals surface area contributed by atoms with E-state index >= 15 is 0 Å². The lowest BCUT2D eigenvalue weighted by Gasteiger charge is -2.33. The maximum atomic E-state index is 15.0. The summed E-state index contributed by atoms with van der Waals surface area (Å²) in [6.45, 7) is 4.76. The SMILES string of the molecule is Cc1ccc2c(CS(=O)(=O)CCC(C)(F)F)c(F)ccc2c1Oc1ncncc1-c1ccnc(N[C@@H]2CNC[C@@](C)(F)C2)n1. The molecule has 0 bridgehead atoms. The summed E-state index contributed by atoms with van der Waals surface area (Å²) in [7, 11) is -4.05. The Morgan fingerprint density at radius 2 is 1.93 bits per heavy atom. The number of alkyl halides is 3. The molecule has 2 N–H and O–H groups in total. The van der Waals surface area contributed by atoms with Gasteiger partial charge in [-0.3, -0.25) is 0 Å². The average Bonchev–Trinajstić information content (AvgIpc) is 2.94. The molecule has 0 aliphatic carbocycles. The first-order valence-electron chi connectivity index (χ1n) is 14.0. The van der Waals surface area contributed by atoms with Crippen LogP contribution in [-0.4, -0.2) is 64.8 Å². The molecule has 2 aromatic heterocycles. The van der Waals surface area contributed by atoms with E-state index in [4.69, 9.17) is 4.74 Å². The van der Waals surface area contributed by atoms with Crippen LogP contribution in [0.15, 0.2) is 49.1 Å². The van der Waals surface area contributed by atoms with Crippen molar-refractivity contribution >= 4 is 26.6 Å². The molecule has 0 spiro atoms. The first-order valence-corrected chi connectivity index (χ1v) is 15.8. The van der Waals surface area contributed by atoms with Crippen LogP contribution in [0.2, 0.25) is 0 Å². The second kappa shape index (κ2) is 12.2. The van der Waals surface area contributed by atoms with Crippen molar-refractivity contribution < 1.29 is 30.7 Å². The number of halogens is 4. The Kier molecular flexibility index (Phi) is 8.76. The molecule has 3 heterocycles. The average molecular weight is 633 g/mol. The van der Waals surface area contributed by atoms with Gasteiger partial charge in [0.25, 0.3) is 0 Å². The number of anilines is 1. The topological polar surface area (TPSA) is 119 Å². The number of aryl methyl sites for hydroxylation is 1. The zero-order chi connectivity index (χ0) is 31.7. The lowest BCUT2D eigenvalue weighted by atomic mass is 9.95. The van der Waals surface area contributed by atoms with Crippen LogP contribution in [0.25, 0.3) is 22.0 Å². The van der Waals surface area contributed by atoms with Gasteiger partial charge in [-0.15, -0.1) is 0 Å². The molecule has 4 aromatic rings. The predicted molar refractivity (Wildman–Crippen MR) is 159 cm³/mol. The molecule has 44 heavy (non-hydrogen) atoms. The standard InChI is InChI=1S/C30H32F4N6O3S/c1-18-4-5-20-21(6-7-24(31)23(20)15-44(41,42)11-9-30(3,33)34)26(18)43-27-22(14-36-17-38-27)25-8-10-37-28(40-25)39-19-12-29(2,32)16-35-13-19/h4-8,10,14,17,19,35H,9,11-13,15-16H2,1-3H3,(H,37,39,40)/t19-,29-/m0/s1. The van der Waals surface area contributed by atoms with Crippen molar-refractivity contribution in [2.75, 3.05) is 24.2 Å². The van der Waals surface area contributed by atoms with Gasteiger partial charge in [0.05, 0.1) is 22.8 Å².